The molecular formula is C43H76O3. The van der Waals surface area contributed by atoms with E-state index in [1.807, 2.05) is 0 Å². The van der Waals surface area contributed by atoms with Gasteiger partial charge in [0.15, 0.2) is 0 Å². The van der Waals surface area contributed by atoms with Gasteiger partial charge in [-0.3, -0.25) is 4.79 Å². The van der Waals surface area contributed by atoms with E-state index in [1.165, 1.54) is 109 Å². The van der Waals surface area contributed by atoms with Gasteiger partial charge in [-0.15, -0.1) is 0 Å². The first-order valence-corrected chi connectivity index (χ1v) is 20.7. The third-order valence-electron chi connectivity index (χ3n) is 13.9. The van der Waals surface area contributed by atoms with E-state index in [1.54, 1.807) is 11.1 Å². The number of rotatable bonds is 20. The quantitative estimate of drug-likeness (QED) is 0.0818. The van der Waals surface area contributed by atoms with Crippen molar-refractivity contribution in [2.24, 2.45) is 40.4 Å². The Morgan fingerprint density at radius 2 is 1.43 bits per heavy atom. The summed E-state index contributed by atoms with van der Waals surface area (Å²) in [6.45, 7) is 14.6. The molecule has 0 saturated heterocycles. The average molecular weight is 641 g/mol. The predicted molar refractivity (Wildman–Crippen MR) is 195 cm³/mol. The molecule has 8 atom stereocenters. The largest absolute Gasteiger partial charge is 0.458 e. The van der Waals surface area contributed by atoms with Crippen molar-refractivity contribution >= 4 is 5.97 Å². The number of unbranched alkanes of at least 4 members (excludes halogenated alkanes) is 12. The monoisotopic (exact) mass is 641 g/mol. The summed E-state index contributed by atoms with van der Waals surface area (Å²) in [6.07, 6.45) is 30.6. The zero-order valence-corrected chi connectivity index (χ0v) is 31.5. The Morgan fingerprint density at radius 3 is 2.07 bits per heavy atom. The Morgan fingerprint density at radius 1 is 0.804 bits per heavy atom. The van der Waals surface area contributed by atoms with Crippen LogP contribution in [0.2, 0.25) is 0 Å². The van der Waals surface area contributed by atoms with Crippen LogP contribution in [0.5, 0.6) is 0 Å². The van der Waals surface area contributed by atoms with Crippen LogP contribution in [-0.2, 0) is 9.53 Å². The lowest BCUT2D eigenvalue weighted by atomic mass is 9.48. The summed E-state index contributed by atoms with van der Waals surface area (Å²) in [6, 6.07) is 0. The Labute approximate surface area is 285 Å². The number of carbonyl (C=O) groups is 1. The highest BCUT2D eigenvalue weighted by Crippen LogP contribution is 2.66. The molecule has 46 heavy (non-hydrogen) atoms. The highest BCUT2D eigenvalue weighted by molar-refractivity contribution is 5.70. The van der Waals surface area contributed by atoms with Gasteiger partial charge in [0.05, 0.1) is 6.10 Å². The SMILES string of the molecule is CCCCCCCCCCCCCCCC(=O)O[C@@H]1C[C@H]([C@H](C)CCCC(C)C)[C@@]2(C)CC[C@H]3C(=C12)CC[C@H]1C[C@@H](O)CC[C@@]13C. The number of fused-ring (bicyclic) bond motifs is 4. The summed E-state index contributed by atoms with van der Waals surface area (Å²) >= 11 is 0. The Bertz CT molecular complexity index is 952. The maximum atomic E-state index is 13.4. The molecule has 0 radical (unpaired) electrons. The van der Waals surface area contributed by atoms with Crippen LogP contribution in [0.1, 0.15) is 202 Å². The molecule has 4 rings (SSSR count). The molecule has 3 saturated carbocycles. The van der Waals surface area contributed by atoms with Gasteiger partial charge in [-0.05, 0) is 104 Å². The van der Waals surface area contributed by atoms with Crippen molar-refractivity contribution in [2.45, 2.75) is 214 Å². The molecule has 0 bridgehead atoms. The first-order valence-electron chi connectivity index (χ1n) is 20.7. The van der Waals surface area contributed by atoms with Crippen LogP contribution >= 0.6 is 0 Å². The molecule has 0 aliphatic heterocycles. The molecule has 0 heterocycles. The number of allylic oxidation sites excluding steroid dienone is 1. The van der Waals surface area contributed by atoms with Crippen LogP contribution in [0.4, 0.5) is 0 Å². The van der Waals surface area contributed by atoms with Crippen molar-refractivity contribution in [1.82, 2.24) is 0 Å². The van der Waals surface area contributed by atoms with Gasteiger partial charge in [0.1, 0.15) is 6.10 Å². The van der Waals surface area contributed by atoms with Crippen LogP contribution < -0.4 is 0 Å². The topological polar surface area (TPSA) is 46.5 Å². The smallest absolute Gasteiger partial charge is 0.306 e. The third-order valence-corrected chi connectivity index (χ3v) is 13.9. The zero-order valence-electron chi connectivity index (χ0n) is 31.5. The standard InChI is InChI=1S/C43H76O3/c1-7-8-9-10-11-12-13-14-15-16-17-18-19-23-40(45)46-39-31-38(33(4)22-20-21-32(2)3)43(6)29-27-37-36(41(39)43)25-24-34-30-35(44)26-28-42(34,37)5/h32-35,37-39,44H,7-31H2,1-6H3/t33-,34+,35+,37+,38-,39-,42+,43-/m1/s1. The fourth-order valence-electron chi connectivity index (χ4n) is 11.1. The summed E-state index contributed by atoms with van der Waals surface area (Å²) < 4.78 is 6.57. The predicted octanol–water partition coefficient (Wildman–Crippen LogP) is 12.5. The number of carbonyl (C=O) groups excluding carboxylic acids is 1. The fraction of sp³-hybridized carbons (Fsp3) is 0.930. The Hall–Kier alpha value is -0.830. The second-order valence-corrected chi connectivity index (χ2v) is 17.7. The lowest BCUT2D eigenvalue weighted by Gasteiger charge is -2.56. The Kier molecular flexibility index (Phi) is 15.1. The van der Waals surface area contributed by atoms with Gasteiger partial charge < -0.3 is 9.84 Å². The van der Waals surface area contributed by atoms with Gasteiger partial charge >= 0.3 is 5.97 Å². The first kappa shape index (κ1) is 38.0. The molecule has 3 fully saturated rings. The molecule has 0 amide bonds. The van der Waals surface area contributed by atoms with E-state index in [9.17, 15) is 9.90 Å². The third kappa shape index (κ3) is 9.65. The van der Waals surface area contributed by atoms with E-state index >= 15 is 0 Å². The molecule has 1 N–H and O–H groups in total. The average Bonchev–Trinajstić information content (AvgIpc) is 3.31. The summed E-state index contributed by atoms with van der Waals surface area (Å²) in [5.41, 5.74) is 3.74. The maximum absolute atomic E-state index is 13.4. The molecule has 0 aromatic heterocycles. The molecule has 0 aromatic carbocycles. The summed E-state index contributed by atoms with van der Waals surface area (Å²) in [5.74, 6) is 3.34. The molecule has 0 unspecified atom stereocenters. The molecule has 266 valence electrons. The summed E-state index contributed by atoms with van der Waals surface area (Å²) in [5, 5.41) is 10.5. The van der Waals surface area contributed by atoms with Gasteiger partial charge in [0, 0.05) is 6.42 Å². The van der Waals surface area contributed by atoms with Gasteiger partial charge in [-0.2, -0.15) is 0 Å². The number of hydrogen-bond acceptors (Lipinski definition) is 3. The van der Waals surface area contributed by atoms with Crippen molar-refractivity contribution < 1.29 is 14.6 Å². The van der Waals surface area contributed by atoms with Gasteiger partial charge in [-0.25, -0.2) is 0 Å². The molecule has 3 heteroatoms. The lowest BCUT2D eigenvalue weighted by molar-refractivity contribution is -0.147. The summed E-state index contributed by atoms with van der Waals surface area (Å²) in [4.78, 5) is 13.4. The van der Waals surface area contributed by atoms with Crippen molar-refractivity contribution in [3.05, 3.63) is 11.1 Å². The van der Waals surface area contributed by atoms with Crippen LogP contribution in [-0.4, -0.2) is 23.3 Å². The number of hydrogen-bond donors (Lipinski definition) is 1. The minimum Gasteiger partial charge on any atom is -0.458 e. The lowest BCUT2D eigenvalue weighted by Crippen LogP contribution is -2.48. The van der Waals surface area contributed by atoms with E-state index in [0.29, 0.717) is 35.5 Å². The molecule has 4 aliphatic rings. The Balaban J connectivity index is 1.32. The highest BCUT2D eigenvalue weighted by atomic mass is 16.5. The zero-order chi connectivity index (χ0) is 33.2. The number of aliphatic hydroxyl groups is 1. The van der Waals surface area contributed by atoms with Crippen LogP contribution in [0.15, 0.2) is 11.1 Å². The second kappa shape index (κ2) is 18.2. The second-order valence-electron chi connectivity index (χ2n) is 17.7. The van der Waals surface area contributed by atoms with Crippen molar-refractivity contribution in [1.29, 1.82) is 0 Å². The van der Waals surface area contributed by atoms with Gasteiger partial charge in [-0.1, -0.05) is 143 Å². The van der Waals surface area contributed by atoms with E-state index in [4.69, 9.17) is 4.74 Å². The summed E-state index contributed by atoms with van der Waals surface area (Å²) in [7, 11) is 0. The molecular weight excluding hydrogens is 564 g/mol. The molecule has 3 nitrogen and oxygen atoms in total. The van der Waals surface area contributed by atoms with Crippen LogP contribution in [0, 0.1) is 40.4 Å². The van der Waals surface area contributed by atoms with E-state index in [0.717, 1.165) is 50.9 Å². The first-order chi connectivity index (χ1) is 22.1. The van der Waals surface area contributed by atoms with Crippen LogP contribution in [0.25, 0.3) is 0 Å². The van der Waals surface area contributed by atoms with Crippen molar-refractivity contribution in [3.8, 4) is 0 Å². The van der Waals surface area contributed by atoms with Crippen molar-refractivity contribution in [3.63, 3.8) is 0 Å². The van der Waals surface area contributed by atoms with Gasteiger partial charge in [0.25, 0.3) is 0 Å². The number of aliphatic hydroxyl groups excluding tert-OH is 1. The van der Waals surface area contributed by atoms with E-state index < -0.39 is 0 Å². The van der Waals surface area contributed by atoms with E-state index in [-0.39, 0.29) is 23.6 Å². The normalized spacial score (nSPS) is 33.1. The minimum atomic E-state index is -0.109. The van der Waals surface area contributed by atoms with Gasteiger partial charge in [0.2, 0.25) is 0 Å². The molecule has 4 aliphatic carbocycles. The van der Waals surface area contributed by atoms with Crippen LogP contribution in [0.3, 0.4) is 0 Å². The minimum absolute atomic E-state index is 0.0100. The highest BCUT2D eigenvalue weighted by Gasteiger charge is 2.58. The number of ether oxygens (including phenoxy) is 1. The van der Waals surface area contributed by atoms with E-state index in [2.05, 4.69) is 41.5 Å². The fourth-order valence-corrected chi connectivity index (χ4v) is 11.1. The molecule has 0 aromatic rings. The van der Waals surface area contributed by atoms with Crippen molar-refractivity contribution in [2.75, 3.05) is 0 Å². The molecule has 0 spiro atoms. The maximum Gasteiger partial charge on any atom is 0.306 e. The number of esters is 1.